The zero-order valence-electron chi connectivity index (χ0n) is 10.1. The lowest BCUT2D eigenvalue weighted by Gasteiger charge is -2.00. The highest BCUT2D eigenvalue weighted by Gasteiger charge is 1.91. The maximum absolute atomic E-state index is 8.68. The van der Waals surface area contributed by atoms with E-state index in [4.69, 9.17) is 5.26 Å². The average molecular weight is 235 g/mol. The molecule has 0 saturated heterocycles. The lowest BCUT2D eigenvalue weighted by Crippen LogP contribution is -1.90. The van der Waals surface area contributed by atoms with Gasteiger partial charge in [0.05, 0.1) is 23.5 Å². The van der Waals surface area contributed by atoms with Gasteiger partial charge < -0.3 is 0 Å². The Hall–Kier alpha value is -2.60. The molecule has 1 N–H and O–H groups in total. The van der Waals surface area contributed by atoms with E-state index in [1.54, 1.807) is 18.3 Å². The third kappa shape index (κ3) is 3.19. The number of rotatable bonds is 3. The molecule has 0 unspecified atom stereocenters. The maximum atomic E-state index is 8.68. The summed E-state index contributed by atoms with van der Waals surface area (Å²) < 4.78 is 0. The van der Waals surface area contributed by atoms with Gasteiger partial charge >= 0.3 is 0 Å². The number of benzene rings is 2. The molecule has 0 aliphatic heterocycles. The van der Waals surface area contributed by atoms with E-state index in [-0.39, 0.29) is 0 Å². The summed E-state index contributed by atoms with van der Waals surface area (Å²) in [5.41, 5.74) is 6.73. The van der Waals surface area contributed by atoms with E-state index in [1.807, 2.05) is 43.3 Å². The fourth-order valence-corrected chi connectivity index (χ4v) is 1.45. The van der Waals surface area contributed by atoms with Gasteiger partial charge in [0.2, 0.25) is 0 Å². The molecular weight excluding hydrogens is 222 g/mol. The normalized spacial score (nSPS) is 10.2. The molecule has 3 heteroatoms. The van der Waals surface area contributed by atoms with Crippen LogP contribution in [0.5, 0.6) is 0 Å². The van der Waals surface area contributed by atoms with Crippen LogP contribution in [-0.2, 0) is 0 Å². The number of hydrogen-bond donors (Lipinski definition) is 1. The maximum Gasteiger partial charge on any atom is 0.0991 e. The number of nitrogens with zero attached hydrogens (tertiary/aromatic N) is 2. The van der Waals surface area contributed by atoms with Crippen LogP contribution in [0.4, 0.5) is 5.69 Å². The number of anilines is 1. The number of aryl methyl sites for hydroxylation is 1. The van der Waals surface area contributed by atoms with Gasteiger partial charge in [-0.1, -0.05) is 29.8 Å². The molecule has 0 aliphatic rings. The van der Waals surface area contributed by atoms with Crippen molar-refractivity contribution in [1.29, 1.82) is 5.26 Å². The third-order valence-corrected chi connectivity index (χ3v) is 2.50. The predicted octanol–water partition coefficient (Wildman–Crippen LogP) is 3.31. The van der Waals surface area contributed by atoms with Gasteiger partial charge in [0.25, 0.3) is 0 Å². The summed E-state index contributed by atoms with van der Waals surface area (Å²) in [6.45, 7) is 2.05. The second-order valence-electron chi connectivity index (χ2n) is 3.97. The van der Waals surface area contributed by atoms with Crippen molar-refractivity contribution in [3.63, 3.8) is 0 Å². The minimum atomic E-state index is 0.652. The summed E-state index contributed by atoms with van der Waals surface area (Å²) in [5, 5.41) is 12.8. The molecule has 0 aliphatic carbocycles. The lowest BCUT2D eigenvalue weighted by atomic mass is 10.2. The second-order valence-corrected chi connectivity index (χ2v) is 3.97. The monoisotopic (exact) mass is 235 g/mol. The van der Waals surface area contributed by atoms with E-state index in [1.165, 1.54) is 5.56 Å². The van der Waals surface area contributed by atoms with Gasteiger partial charge in [-0.05, 0) is 36.8 Å². The fraction of sp³-hybridized carbons (Fsp3) is 0.0667. The van der Waals surface area contributed by atoms with Crippen LogP contribution in [0.2, 0.25) is 0 Å². The molecule has 18 heavy (non-hydrogen) atoms. The van der Waals surface area contributed by atoms with Gasteiger partial charge in [-0.3, -0.25) is 5.43 Å². The van der Waals surface area contributed by atoms with Crippen LogP contribution in [0.1, 0.15) is 16.7 Å². The molecule has 0 atom stereocenters. The Bertz CT molecular complexity index is 575. The quantitative estimate of drug-likeness (QED) is 0.655. The van der Waals surface area contributed by atoms with Gasteiger partial charge in [-0.15, -0.1) is 0 Å². The first kappa shape index (κ1) is 11.9. The topological polar surface area (TPSA) is 48.2 Å². The van der Waals surface area contributed by atoms with E-state index < -0.39 is 0 Å². The summed E-state index contributed by atoms with van der Waals surface area (Å²) in [6.07, 6.45) is 1.72. The van der Waals surface area contributed by atoms with Crippen molar-refractivity contribution >= 4 is 11.9 Å². The van der Waals surface area contributed by atoms with E-state index in [0.29, 0.717) is 5.56 Å². The minimum absolute atomic E-state index is 0.652. The van der Waals surface area contributed by atoms with Gasteiger partial charge in [-0.25, -0.2) is 0 Å². The summed E-state index contributed by atoms with van der Waals surface area (Å²) in [5.74, 6) is 0. The van der Waals surface area contributed by atoms with Crippen molar-refractivity contribution in [2.75, 3.05) is 5.43 Å². The first-order valence-corrected chi connectivity index (χ1v) is 5.64. The molecule has 3 nitrogen and oxygen atoms in total. The lowest BCUT2D eigenvalue weighted by molar-refractivity contribution is 1.34. The van der Waals surface area contributed by atoms with Crippen LogP contribution in [0.25, 0.3) is 0 Å². The Morgan fingerprint density at radius 3 is 2.33 bits per heavy atom. The van der Waals surface area contributed by atoms with Crippen molar-refractivity contribution in [1.82, 2.24) is 0 Å². The van der Waals surface area contributed by atoms with Crippen LogP contribution in [0, 0.1) is 18.3 Å². The van der Waals surface area contributed by atoms with Crippen molar-refractivity contribution in [2.45, 2.75) is 6.92 Å². The Balaban J connectivity index is 1.98. The Kier molecular flexibility index (Phi) is 3.72. The van der Waals surface area contributed by atoms with Crippen molar-refractivity contribution < 1.29 is 0 Å². The largest absolute Gasteiger partial charge is 0.279 e. The number of nitriles is 1. The SMILES string of the molecule is Cc1ccc(NN=Cc2ccc(C#N)cc2)cc1. The molecule has 2 rings (SSSR count). The Labute approximate surface area is 106 Å². The molecule has 2 aromatic carbocycles. The summed E-state index contributed by atoms with van der Waals surface area (Å²) in [4.78, 5) is 0. The van der Waals surface area contributed by atoms with Gasteiger partial charge in [0.15, 0.2) is 0 Å². The number of hydrogen-bond acceptors (Lipinski definition) is 3. The van der Waals surface area contributed by atoms with Gasteiger partial charge in [-0.2, -0.15) is 10.4 Å². The molecule has 0 bridgehead atoms. The molecule has 88 valence electrons. The number of hydrazone groups is 1. The van der Waals surface area contributed by atoms with E-state index >= 15 is 0 Å². The highest BCUT2D eigenvalue weighted by atomic mass is 15.3. The molecule has 0 fully saturated rings. The first-order valence-electron chi connectivity index (χ1n) is 5.64. The highest BCUT2D eigenvalue weighted by Crippen LogP contribution is 2.08. The molecule has 0 spiro atoms. The molecule has 0 saturated carbocycles. The smallest absolute Gasteiger partial charge is 0.0991 e. The summed E-state index contributed by atoms with van der Waals surface area (Å²) in [7, 11) is 0. The third-order valence-electron chi connectivity index (χ3n) is 2.50. The van der Waals surface area contributed by atoms with E-state index in [0.717, 1.165) is 11.3 Å². The number of nitrogens with one attached hydrogen (secondary N) is 1. The Morgan fingerprint density at radius 1 is 1.06 bits per heavy atom. The van der Waals surface area contributed by atoms with Crippen LogP contribution in [-0.4, -0.2) is 6.21 Å². The summed E-state index contributed by atoms with van der Waals surface area (Å²) in [6, 6.07) is 17.4. The highest BCUT2D eigenvalue weighted by molar-refractivity contribution is 5.80. The summed E-state index contributed by atoms with van der Waals surface area (Å²) >= 11 is 0. The molecular formula is C15H13N3. The molecule has 0 amide bonds. The van der Waals surface area contributed by atoms with Crippen molar-refractivity contribution in [3.8, 4) is 6.07 Å². The van der Waals surface area contributed by atoms with Crippen LogP contribution < -0.4 is 5.43 Å². The molecule has 0 heterocycles. The standard InChI is InChI=1S/C15H13N3/c1-12-2-8-15(9-3-12)18-17-11-14-6-4-13(10-16)5-7-14/h2-9,11,18H,1H3. The van der Waals surface area contributed by atoms with Crippen LogP contribution in [0.3, 0.4) is 0 Å². The minimum Gasteiger partial charge on any atom is -0.279 e. The zero-order chi connectivity index (χ0) is 12.8. The fourth-order valence-electron chi connectivity index (χ4n) is 1.45. The van der Waals surface area contributed by atoms with Gasteiger partial charge in [0.1, 0.15) is 0 Å². The zero-order valence-corrected chi connectivity index (χ0v) is 10.1. The second kappa shape index (κ2) is 5.65. The Morgan fingerprint density at radius 2 is 1.72 bits per heavy atom. The predicted molar refractivity (Wildman–Crippen MR) is 73.6 cm³/mol. The first-order chi connectivity index (χ1) is 8.78. The molecule has 2 aromatic rings. The van der Waals surface area contributed by atoms with Crippen LogP contribution in [0.15, 0.2) is 53.6 Å². The van der Waals surface area contributed by atoms with E-state index in [2.05, 4.69) is 16.6 Å². The molecule has 0 aromatic heterocycles. The van der Waals surface area contributed by atoms with Crippen molar-refractivity contribution in [3.05, 3.63) is 65.2 Å². The van der Waals surface area contributed by atoms with Crippen molar-refractivity contribution in [2.24, 2.45) is 5.10 Å². The molecule has 0 radical (unpaired) electrons. The van der Waals surface area contributed by atoms with E-state index in [9.17, 15) is 0 Å². The van der Waals surface area contributed by atoms with Crippen LogP contribution >= 0.6 is 0 Å². The van der Waals surface area contributed by atoms with Gasteiger partial charge in [0, 0.05) is 0 Å². The average Bonchev–Trinajstić information content (AvgIpc) is 2.42.